The van der Waals surface area contributed by atoms with E-state index in [0.717, 1.165) is 25.1 Å². The summed E-state index contributed by atoms with van der Waals surface area (Å²) in [6.45, 7) is 3.35. The molecule has 1 aromatic heterocycles. The summed E-state index contributed by atoms with van der Waals surface area (Å²) in [4.78, 5) is 203. The van der Waals surface area contributed by atoms with Crippen LogP contribution in [0, 0.1) is 42.4 Å². The number of non-ortho nitro benzene ring substituents is 1. The molecule has 1 saturated heterocycles. The van der Waals surface area contributed by atoms with E-state index in [-0.39, 0.29) is 139 Å². The number of ether oxygens (including phenoxy) is 2. The summed E-state index contributed by atoms with van der Waals surface area (Å²) >= 11 is 0. The van der Waals surface area contributed by atoms with Crippen LogP contribution in [0.4, 0.5) is 17.1 Å². The number of amides is 11. The molecule has 0 aliphatic carbocycles. The third-order valence-electron chi connectivity index (χ3n) is 18.0. The van der Waals surface area contributed by atoms with Crippen LogP contribution in [0.3, 0.4) is 0 Å². The minimum Gasteiger partial charge on any atom is -0.497 e. The molecule has 0 bridgehead atoms. The molecule has 0 saturated carbocycles. The Morgan fingerprint density at radius 3 is 1.74 bits per heavy atom. The maximum Gasteiger partial charge on any atom is 0.336 e. The first kappa shape index (κ1) is 93.1. The highest BCUT2D eigenvalue weighted by atomic mass is 16.6. The highest BCUT2D eigenvalue weighted by Gasteiger charge is 2.40. The number of fused-ring (bicyclic) bond motifs is 1. The summed E-state index contributed by atoms with van der Waals surface area (Å²) in [6, 6.07) is 3.42. The second-order valence-corrected chi connectivity index (χ2v) is 27.5. The summed E-state index contributed by atoms with van der Waals surface area (Å²) in [7, 11) is 1.42. The molecule has 632 valence electrons. The van der Waals surface area contributed by atoms with Gasteiger partial charge in [0, 0.05) is 62.7 Å². The van der Waals surface area contributed by atoms with Crippen molar-refractivity contribution in [1.29, 1.82) is 16.2 Å². The zero-order valence-corrected chi connectivity index (χ0v) is 64.5. The molecule has 25 N–H and O–H groups in total. The molecule has 2 heterocycles. The van der Waals surface area contributed by atoms with Gasteiger partial charge in [0.2, 0.25) is 65.0 Å². The van der Waals surface area contributed by atoms with Crippen molar-refractivity contribution < 1.29 is 86.4 Å². The molecule has 116 heavy (non-hydrogen) atoms. The number of anilines is 1. The predicted molar refractivity (Wildman–Crippen MR) is 419 cm³/mol. The molecule has 1 aliphatic rings. The van der Waals surface area contributed by atoms with E-state index in [0.29, 0.717) is 29.4 Å². The molecule has 44 nitrogen and oxygen atoms in total. The fraction of sp³-hybridized carbons (Fsp3) is 0.500. The van der Waals surface area contributed by atoms with Crippen LogP contribution in [0.25, 0.3) is 11.0 Å². The van der Waals surface area contributed by atoms with E-state index in [4.69, 9.17) is 53.1 Å². The monoisotopic (exact) mass is 1630 g/mol. The number of para-hydroxylation sites is 1. The lowest BCUT2D eigenvalue weighted by atomic mass is 10.0. The van der Waals surface area contributed by atoms with Crippen molar-refractivity contribution in [1.82, 2.24) is 68.7 Å². The number of aliphatic carboxylic acids is 1. The Balaban J connectivity index is 1.39. The van der Waals surface area contributed by atoms with E-state index in [1.807, 2.05) is 0 Å². The van der Waals surface area contributed by atoms with Gasteiger partial charge in [0.05, 0.1) is 42.6 Å². The number of nitrogens with one attached hydrogen (secondary N) is 16. The summed E-state index contributed by atoms with van der Waals surface area (Å²) in [5, 5.41) is 89.5. The Labute approximate surface area is 664 Å². The number of carbonyl (C=O) groups is 12. The highest BCUT2D eigenvalue weighted by Crippen LogP contribution is 2.30. The Bertz CT molecular complexity index is 4240. The molecule has 0 spiro atoms. The zero-order chi connectivity index (χ0) is 85.7. The largest absolute Gasteiger partial charge is 0.497 e. The molecule has 5 rings (SSSR count). The van der Waals surface area contributed by atoms with Crippen LogP contribution < -0.4 is 107 Å². The van der Waals surface area contributed by atoms with Crippen molar-refractivity contribution in [3.05, 3.63) is 109 Å². The first-order valence-electron chi connectivity index (χ1n) is 37.2. The lowest BCUT2D eigenvalue weighted by Crippen LogP contribution is -2.60. The van der Waals surface area contributed by atoms with Gasteiger partial charge in [-0.2, -0.15) is 0 Å². The third kappa shape index (κ3) is 32.0. The molecule has 0 radical (unpaired) electrons. The number of rotatable bonds is 50. The number of nitrogens with zero attached hydrogens (tertiary/aromatic N) is 3. The van der Waals surface area contributed by atoms with Gasteiger partial charge in [-0.1, -0.05) is 32.0 Å². The molecule has 11 amide bonds. The minimum absolute atomic E-state index is 0.00233. The number of guanidine groups is 3. The number of likely N-dealkylation sites (tertiary alicyclic amines) is 1. The normalized spacial score (nSPS) is 14.3. The predicted octanol–water partition coefficient (Wildman–Crippen LogP) is -2.29. The van der Waals surface area contributed by atoms with Gasteiger partial charge in [-0.3, -0.25) is 94.0 Å². The fourth-order valence-electron chi connectivity index (χ4n) is 12.1. The van der Waals surface area contributed by atoms with Crippen molar-refractivity contribution in [2.75, 3.05) is 58.3 Å². The standard InChI is InChI=1S/C72H103N23O21/c1-39(2)32-52(91-68(108)54-20-13-30-93(54)69(109)51(19-12-29-82-72(78)79)87-57(96)33-41-34-60(100)116-56-36-44(114-4)22-23-45(41)56)63(103)84-38-58(97)86-48(16-8-9-31-115-43-14-6-5-7-15-43)64(104)92-53(37-83-46-24-21-42(94(110)111)35-55(46)95(112)113)67(107)85-40(3)62(102)89-49(18-11-28-81-71(76)77)65(105)90-50(25-26-59(98)99)66(106)88-47(61(73)101)17-10-27-80-70(74)75/h5-7,14-15,21-24,34-36,39-40,47-54,83H,8-13,16-20,25-33,37-38H2,1-4H3,(H2,73,101)(H,84,103)(H,85,107)(H,86,97)(H,87,96)(H,88,106)(H,89,102)(H,90,105)(H,91,108)(H,92,104)(H,98,99)(H4,74,75,80)(H4,76,77,81)(H4,78,79,82)/t40-,47-,48-,49-,50-,51-,52-,53-,54-/m0/s1. The molecule has 1 fully saturated rings. The average Bonchev–Trinajstić information content (AvgIpc) is 1.06. The second-order valence-electron chi connectivity index (χ2n) is 27.5. The second kappa shape index (κ2) is 47.1. The Hall–Kier alpha value is -13.5. The number of nitrogens with two attached hydrogens (primary N) is 4. The molecule has 9 atom stereocenters. The van der Waals surface area contributed by atoms with Crippen LogP contribution in [0.5, 0.6) is 11.5 Å². The molecule has 1 aliphatic heterocycles. The number of primary amides is 1. The van der Waals surface area contributed by atoms with Crippen molar-refractivity contribution in [2.45, 2.75) is 171 Å². The number of nitro groups is 2. The molecule has 0 unspecified atom stereocenters. The van der Waals surface area contributed by atoms with E-state index >= 15 is 0 Å². The van der Waals surface area contributed by atoms with Crippen LogP contribution in [0.1, 0.15) is 116 Å². The van der Waals surface area contributed by atoms with Gasteiger partial charge in [-0.15, -0.1) is 0 Å². The number of benzene rings is 3. The van der Waals surface area contributed by atoms with Crippen molar-refractivity contribution in [3.63, 3.8) is 0 Å². The SMILES string of the molecule is COc1ccc2c(CC(=O)N[C@@H](CCCNC(=N)N)C(=O)N3CCC[C@H]3C(=O)N[C@@H](CC(C)C)C(=O)NCC(=O)N[C@@H](CCCCOc3ccccc3)C(=O)N[C@@H](CNc3ccc([N+](=O)[O-])cc3[N+](=O)[O-])C(=O)N[C@@H](C)C(=O)N[C@@H](CCCNC(=N)N)C(=O)N[C@@H](CCC(=O)O)C(=O)N[C@@H](CCCNC(=N)N)C(N)=O)cc(=O)oc2c1. The molecule has 3 aromatic carbocycles. The number of hydrogen-bond acceptors (Lipinski definition) is 24. The lowest BCUT2D eigenvalue weighted by molar-refractivity contribution is -0.393. The number of unbranched alkanes of at least 4 members (excludes halogenated alkanes) is 1. The topological polar surface area (TPSA) is 695 Å². The quantitative estimate of drug-likeness (QED) is 0.00553. The van der Waals surface area contributed by atoms with Gasteiger partial charge in [-0.05, 0) is 132 Å². The Kier molecular flexibility index (Phi) is 37.8. The number of hydrogen-bond donors (Lipinski definition) is 21. The van der Waals surface area contributed by atoms with Crippen molar-refractivity contribution in [2.24, 2.45) is 28.9 Å². The van der Waals surface area contributed by atoms with Crippen LogP contribution in [0.2, 0.25) is 0 Å². The molecular formula is C72H103N23O21. The summed E-state index contributed by atoms with van der Waals surface area (Å²) in [5.41, 5.74) is 19.6. The third-order valence-corrected chi connectivity index (χ3v) is 18.0. The van der Waals surface area contributed by atoms with Gasteiger partial charge < -0.3 is 116 Å². The Morgan fingerprint density at radius 1 is 0.595 bits per heavy atom. The smallest absolute Gasteiger partial charge is 0.336 e. The molecule has 4 aromatic rings. The van der Waals surface area contributed by atoms with Crippen LogP contribution in [-0.4, -0.2) is 216 Å². The van der Waals surface area contributed by atoms with E-state index < -0.39 is 190 Å². The van der Waals surface area contributed by atoms with E-state index in [1.165, 1.54) is 18.1 Å². The molecule has 44 heteroatoms. The van der Waals surface area contributed by atoms with E-state index in [9.17, 15) is 87.7 Å². The average molecular weight is 1630 g/mol. The van der Waals surface area contributed by atoms with Gasteiger partial charge in [0.1, 0.15) is 77.1 Å². The lowest BCUT2D eigenvalue weighted by Gasteiger charge is -2.30. The van der Waals surface area contributed by atoms with Gasteiger partial charge in [0.25, 0.3) is 11.4 Å². The van der Waals surface area contributed by atoms with Gasteiger partial charge in [-0.25, -0.2) is 4.79 Å². The zero-order valence-electron chi connectivity index (χ0n) is 64.5. The number of carbonyl (C=O) groups excluding carboxylic acids is 11. The van der Waals surface area contributed by atoms with Gasteiger partial charge in [0.15, 0.2) is 17.9 Å². The van der Waals surface area contributed by atoms with Crippen molar-refractivity contribution >= 4 is 117 Å². The van der Waals surface area contributed by atoms with Gasteiger partial charge >= 0.3 is 11.6 Å². The molecular weight excluding hydrogens is 1520 g/mol. The number of carboxylic acids is 1. The van der Waals surface area contributed by atoms with Crippen LogP contribution >= 0.6 is 0 Å². The van der Waals surface area contributed by atoms with E-state index in [2.05, 4.69) is 69.1 Å². The minimum atomic E-state index is -1.89. The number of methoxy groups -OCH3 is 1. The summed E-state index contributed by atoms with van der Waals surface area (Å²) < 4.78 is 16.4. The summed E-state index contributed by atoms with van der Waals surface area (Å²) in [6.07, 6.45) is -0.988. The van der Waals surface area contributed by atoms with Crippen molar-refractivity contribution in [3.8, 4) is 11.5 Å². The summed E-state index contributed by atoms with van der Waals surface area (Å²) in [5.74, 6) is -12.4. The maximum atomic E-state index is 14.8. The van der Waals surface area contributed by atoms with E-state index in [1.54, 1.807) is 56.3 Å². The number of carboxylic acid groups (broad SMARTS) is 1. The maximum absolute atomic E-state index is 14.8. The van der Waals surface area contributed by atoms with Crippen LogP contribution in [0.15, 0.2) is 82.0 Å². The first-order valence-corrected chi connectivity index (χ1v) is 37.2. The fourth-order valence-corrected chi connectivity index (χ4v) is 12.1. The highest BCUT2D eigenvalue weighted by molar-refractivity contribution is 5.99. The number of nitro benzene ring substituents is 2. The van der Waals surface area contributed by atoms with Crippen LogP contribution in [-0.2, 0) is 64.0 Å². The first-order chi connectivity index (χ1) is 55.0. The Morgan fingerprint density at radius 2 is 1.16 bits per heavy atom.